The molecule has 8 heteroatoms. The summed E-state index contributed by atoms with van der Waals surface area (Å²) in [5, 5.41) is 10.2. The maximum absolute atomic E-state index is 14.8. The number of carbonyl (C=O) groups excluding carboxylic acids is 2. The Bertz CT molecular complexity index is 807. The van der Waals surface area contributed by atoms with Crippen molar-refractivity contribution in [1.82, 2.24) is 20.4 Å². The van der Waals surface area contributed by atoms with E-state index in [2.05, 4.69) is 31.7 Å². The van der Waals surface area contributed by atoms with Crippen LogP contribution in [0.1, 0.15) is 56.3 Å². The van der Waals surface area contributed by atoms with Gasteiger partial charge in [-0.05, 0) is 78.8 Å². The second kappa shape index (κ2) is 7.28. The standard InChI is InChI=1S/C20H26BrFN4O2/c1-11(24-12(2)27)3-4-26-18(21)16(10-23-26)19(28)25-17-14-5-13-6-15(17)9-20(22,7-13)8-14/h3-4,10-11,13-15,17H,5-9H2,1-2H3,(H,24,27)(H,25,28)/b4-3+. The minimum absolute atomic E-state index is 0.0542. The molecule has 0 aliphatic heterocycles. The zero-order valence-corrected chi connectivity index (χ0v) is 17.7. The lowest BCUT2D eigenvalue weighted by molar-refractivity contribution is -0.119. The molecular weight excluding hydrogens is 427 g/mol. The largest absolute Gasteiger partial charge is 0.350 e. The number of alkyl halides is 1. The summed E-state index contributed by atoms with van der Waals surface area (Å²) in [6.07, 6.45) is 8.94. The van der Waals surface area contributed by atoms with Crippen molar-refractivity contribution in [2.24, 2.45) is 17.8 Å². The van der Waals surface area contributed by atoms with Crippen molar-refractivity contribution in [1.29, 1.82) is 0 Å². The van der Waals surface area contributed by atoms with Gasteiger partial charge in [0.05, 0.1) is 11.8 Å². The van der Waals surface area contributed by atoms with E-state index < -0.39 is 5.67 Å². The van der Waals surface area contributed by atoms with Crippen LogP contribution >= 0.6 is 15.9 Å². The lowest BCUT2D eigenvalue weighted by Gasteiger charge is -2.56. The third-order valence-electron chi connectivity index (χ3n) is 6.42. The van der Waals surface area contributed by atoms with Gasteiger partial charge in [-0.2, -0.15) is 5.10 Å². The van der Waals surface area contributed by atoms with Crippen LogP contribution in [-0.2, 0) is 4.79 Å². The van der Waals surface area contributed by atoms with E-state index in [4.69, 9.17) is 0 Å². The normalized spacial score (nSPS) is 34.6. The van der Waals surface area contributed by atoms with Gasteiger partial charge in [-0.3, -0.25) is 9.59 Å². The highest BCUT2D eigenvalue weighted by Gasteiger charge is 2.56. The van der Waals surface area contributed by atoms with Gasteiger partial charge in [0, 0.05) is 25.2 Å². The number of hydrogen-bond acceptors (Lipinski definition) is 3. The van der Waals surface area contributed by atoms with E-state index in [0.29, 0.717) is 35.3 Å². The van der Waals surface area contributed by atoms with Crippen LogP contribution in [0.2, 0.25) is 0 Å². The van der Waals surface area contributed by atoms with E-state index in [1.807, 2.05) is 6.92 Å². The van der Waals surface area contributed by atoms with Crippen LogP contribution in [0.4, 0.5) is 4.39 Å². The lowest BCUT2D eigenvalue weighted by Crippen LogP contribution is -2.60. The van der Waals surface area contributed by atoms with Crippen molar-refractivity contribution >= 4 is 33.9 Å². The summed E-state index contributed by atoms with van der Waals surface area (Å²) >= 11 is 3.45. The Morgan fingerprint density at radius 3 is 2.64 bits per heavy atom. The minimum atomic E-state index is -1.00. The van der Waals surface area contributed by atoms with Crippen molar-refractivity contribution in [3.63, 3.8) is 0 Å². The fraction of sp³-hybridized carbons (Fsp3) is 0.650. The van der Waals surface area contributed by atoms with Gasteiger partial charge >= 0.3 is 0 Å². The van der Waals surface area contributed by atoms with Gasteiger partial charge in [0.2, 0.25) is 5.91 Å². The molecule has 152 valence electrons. The molecule has 1 heterocycles. The molecule has 3 unspecified atom stereocenters. The Hall–Kier alpha value is -1.70. The van der Waals surface area contributed by atoms with Crippen molar-refractivity contribution in [3.05, 3.63) is 22.4 Å². The first-order valence-corrected chi connectivity index (χ1v) is 10.7. The Labute approximate surface area is 172 Å². The summed E-state index contributed by atoms with van der Waals surface area (Å²) in [5.74, 6) is 0.690. The molecule has 1 aromatic heterocycles. The molecule has 0 radical (unpaired) electrons. The third-order valence-corrected chi connectivity index (χ3v) is 7.21. The molecule has 2 amide bonds. The molecule has 4 aliphatic rings. The molecule has 4 bridgehead atoms. The molecule has 0 saturated heterocycles. The highest BCUT2D eigenvalue weighted by molar-refractivity contribution is 9.10. The molecule has 2 N–H and O–H groups in total. The summed E-state index contributed by atoms with van der Waals surface area (Å²) in [6.45, 7) is 3.32. The average Bonchev–Trinajstić information content (AvgIpc) is 2.95. The van der Waals surface area contributed by atoms with Gasteiger partial charge in [-0.1, -0.05) is 0 Å². The van der Waals surface area contributed by atoms with E-state index >= 15 is 0 Å². The molecular formula is C20H26BrFN4O2. The minimum Gasteiger partial charge on any atom is -0.350 e. The van der Waals surface area contributed by atoms with E-state index in [9.17, 15) is 14.0 Å². The molecule has 0 spiro atoms. The summed E-state index contributed by atoms with van der Waals surface area (Å²) < 4.78 is 17.0. The summed E-state index contributed by atoms with van der Waals surface area (Å²) in [5.41, 5.74) is -0.543. The van der Waals surface area contributed by atoms with E-state index in [0.717, 1.165) is 12.8 Å². The number of carbonyl (C=O) groups is 2. The van der Waals surface area contributed by atoms with E-state index in [-0.39, 0.29) is 35.7 Å². The summed E-state index contributed by atoms with van der Waals surface area (Å²) in [6, 6.07) is -0.0922. The number of aromatic nitrogens is 2. The second-order valence-corrected chi connectivity index (χ2v) is 9.50. The molecule has 4 aliphatic carbocycles. The molecule has 1 aromatic rings. The predicted octanol–water partition coefficient (Wildman–Crippen LogP) is 3.29. The topological polar surface area (TPSA) is 76.0 Å². The van der Waals surface area contributed by atoms with Gasteiger partial charge in [0.15, 0.2) is 0 Å². The number of rotatable bonds is 5. The Morgan fingerprint density at radius 2 is 2.04 bits per heavy atom. The number of amides is 2. The van der Waals surface area contributed by atoms with Crippen molar-refractivity contribution in [2.75, 3.05) is 0 Å². The highest BCUT2D eigenvalue weighted by Crippen LogP contribution is 2.57. The monoisotopic (exact) mass is 452 g/mol. The Balaban J connectivity index is 1.43. The average molecular weight is 453 g/mol. The first-order chi connectivity index (χ1) is 13.2. The maximum atomic E-state index is 14.8. The Morgan fingerprint density at radius 1 is 1.36 bits per heavy atom. The van der Waals surface area contributed by atoms with Crippen LogP contribution in [0.25, 0.3) is 6.20 Å². The summed E-state index contributed by atoms with van der Waals surface area (Å²) in [7, 11) is 0. The van der Waals surface area contributed by atoms with Gasteiger partial charge in [-0.15, -0.1) is 0 Å². The van der Waals surface area contributed by atoms with Crippen LogP contribution in [0.15, 0.2) is 16.9 Å². The van der Waals surface area contributed by atoms with E-state index in [1.165, 1.54) is 13.1 Å². The molecule has 28 heavy (non-hydrogen) atoms. The van der Waals surface area contributed by atoms with Crippen LogP contribution in [0, 0.1) is 17.8 Å². The zero-order valence-electron chi connectivity index (χ0n) is 16.1. The first-order valence-electron chi connectivity index (χ1n) is 9.92. The molecule has 4 fully saturated rings. The first kappa shape index (κ1) is 19.6. The third kappa shape index (κ3) is 3.75. The molecule has 5 rings (SSSR count). The fourth-order valence-electron chi connectivity index (χ4n) is 5.57. The second-order valence-electron chi connectivity index (χ2n) is 8.74. The van der Waals surface area contributed by atoms with Crippen LogP contribution in [0.5, 0.6) is 0 Å². The van der Waals surface area contributed by atoms with Gasteiger partial charge in [-0.25, -0.2) is 9.07 Å². The molecule has 0 aromatic carbocycles. The van der Waals surface area contributed by atoms with Gasteiger partial charge in [0.25, 0.3) is 5.91 Å². The van der Waals surface area contributed by atoms with E-state index in [1.54, 1.807) is 17.0 Å². The lowest BCUT2D eigenvalue weighted by atomic mass is 9.53. The molecule has 3 atom stereocenters. The van der Waals surface area contributed by atoms with Gasteiger partial charge < -0.3 is 10.6 Å². The maximum Gasteiger partial charge on any atom is 0.255 e. The highest BCUT2D eigenvalue weighted by atomic mass is 79.9. The predicted molar refractivity (Wildman–Crippen MR) is 107 cm³/mol. The fourth-order valence-corrected chi connectivity index (χ4v) is 6.06. The number of nitrogens with one attached hydrogen (secondary N) is 2. The van der Waals surface area contributed by atoms with Crippen molar-refractivity contribution in [3.8, 4) is 0 Å². The van der Waals surface area contributed by atoms with Crippen LogP contribution in [0.3, 0.4) is 0 Å². The quantitative estimate of drug-likeness (QED) is 0.719. The SMILES string of the molecule is CC(=O)NC(C)/C=C/n1ncc(C(=O)NC2C3CC4CC2CC(F)(C4)C3)c1Br. The molecule has 4 saturated carbocycles. The van der Waals surface area contributed by atoms with Crippen LogP contribution in [-0.4, -0.2) is 39.3 Å². The van der Waals surface area contributed by atoms with Gasteiger partial charge in [0.1, 0.15) is 10.3 Å². The number of hydrogen-bond donors (Lipinski definition) is 2. The number of halogens is 2. The van der Waals surface area contributed by atoms with Crippen molar-refractivity contribution < 1.29 is 14.0 Å². The van der Waals surface area contributed by atoms with Crippen molar-refractivity contribution in [2.45, 2.75) is 63.7 Å². The number of nitrogens with zero attached hydrogens (tertiary/aromatic N) is 2. The summed E-state index contributed by atoms with van der Waals surface area (Å²) in [4.78, 5) is 24.0. The smallest absolute Gasteiger partial charge is 0.255 e. The van der Waals surface area contributed by atoms with Crippen LogP contribution < -0.4 is 10.6 Å². The zero-order chi connectivity index (χ0) is 20.1. The Kier molecular flexibility index (Phi) is 5.10. The molecule has 6 nitrogen and oxygen atoms in total.